The second-order valence-corrected chi connectivity index (χ2v) is 4.31. The summed E-state index contributed by atoms with van der Waals surface area (Å²) < 4.78 is 0. The number of carbonyl (C=O) groups is 1. The molecule has 0 fully saturated rings. The third kappa shape index (κ3) is 3.59. The van der Waals surface area contributed by atoms with E-state index in [1.54, 1.807) is 18.2 Å². The van der Waals surface area contributed by atoms with E-state index in [0.717, 1.165) is 5.69 Å². The van der Waals surface area contributed by atoms with Crippen molar-refractivity contribution in [3.63, 3.8) is 0 Å². The molecule has 1 aromatic carbocycles. The maximum absolute atomic E-state index is 11.1. The number of aliphatic carboxylic acids is 1. The maximum atomic E-state index is 11.1. The van der Waals surface area contributed by atoms with E-state index < -0.39 is 12.1 Å². The number of carboxylic acids is 1. The molecule has 7 heteroatoms. The van der Waals surface area contributed by atoms with E-state index in [1.807, 2.05) is 0 Å². The van der Waals surface area contributed by atoms with Crippen LogP contribution in [0.1, 0.15) is 12.8 Å². The summed E-state index contributed by atoms with van der Waals surface area (Å²) in [5, 5.41) is 21.1. The van der Waals surface area contributed by atoms with Crippen LogP contribution in [0.4, 0.5) is 5.69 Å². The van der Waals surface area contributed by atoms with Crippen LogP contribution in [-0.4, -0.2) is 38.8 Å². The Balaban J connectivity index is 1.93. The molecule has 2 aromatic rings. The van der Waals surface area contributed by atoms with Gasteiger partial charge in [-0.15, -0.1) is 0 Å². The van der Waals surface area contributed by atoms with Crippen LogP contribution in [0.25, 0.3) is 11.0 Å². The molecule has 0 saturated carbocycles. The number of aliphatic hydroxyl groups is 1. The van der Waals surface area contributed by atoms with Crippen LogP contribution in [0.3, 0.4) is 0 Å². The Morgan fingerprint density at radius 1 is 1.32 bits per heavy atom. The highest BCUT2D eigenvalue weighted by Crippen LogP contribution is 2.14. The van der Waals surface area contributed by atoms with Crippen LogP contribution >= 0.6 is 0 Å². The molecule has 0 bridgehead atoms. The largest absolute Gasteiger partial charge is 0.481 e. The Morgan fingerprint density at radius 2 is 2.05 bits per heavy atom. The van der Waals surface area contributed by atoms with Crippen molar-refractivity contribution in [3.05, 3.63) is 28.7 Å². The molecule has 0 spiro atoms. The number of fused-ring (bicyclic) bond motifs is 1. The molecule has 1 unspecified atom stereocenters. The van der Waals surface area contributed by atoms with Gasteiger partial charge in [-0.2, -0.15) is 0 Å². The van der Waals surface area contributed by atoms with Crippen LogP contribution in [0.2, 0.25) is 0 Å². The normalized spacial score (nSPS) is 12.5. The molecule has 7 nitrogen and oxygen atoms in total. The number of aliphatic hydroxyl groups excluding tert-OH is 1. The van der Waals surface area contributed by atoms with Gasteiger partial charge in [-0.05, 0) is 24.6 Å². The van der Waals surface area contributed by atoms with Crippen molar-refractivity contribution in [2.45, 2.75) is 18.9 Å². The molecule has 0 aliphatic rings. The lowest BCUT2D eigenvalue weighted by molar-refractivity contribution is -0.137. The van der Waals surface area contributed by atoms with Crippen LogP contribution in [0.15, 0.2) is 23.0 Å². The van der Waals surface area contributed by atoms with Crippen molar-refractivity contribution >= 4 is 22.7 Å². The number of imidazole rings is 1. The van der Waals surface area contributed by atoms with Gasteiger partial charge in [-0.1, -0.05) is 0 Å². The van der Waals surface area contributed by atoms with Crippen LogP contribution in [0, 0.1) is 0 Å². The molecule has 0 aliphatic carbocycles. The average molecular weight is 265 g/mol. The fraction of sp³-hybridized carbons (Fsp3) is 0.333. The van der Waals surface area contributed by atoms with Crippen LogP contribution in [-0.2, 0) is 4.79 Å². The molecule has 5 N–H and O–H groups in total. The molecule has 0 aliphatic heterocycles. The van der Waals surface area contributed by atoms with Gasteiger partial charge in [0.05, 0.1) is 17.1 Å². The van der Waals surface area contributed by atoms with E-state index in [4.69, 9.17) is 5.11 Å². The first-order valence-electron chi connectivity index (χ1n) is 5.90. The number of aromatic amines is 2. The van der Waals surface area contributed by atoms with Gasteiger partial charge in [0.1, 0.15) is 0 Å². The molecule has 102 valence electrons. The molecule has 1 atom stereocenters. The maximum Gasteiger partial charge on any atom is 0.323 e. The number of hydrogen-bond donors (Lipinski definition) is 5. The quantitative estimate of drug-likeness (QED) is 0.521. The summed E-state index contributed by atoms with van der Waals surface area (Å²) >= 11 is 0. The Bertz CT molecular complexity index is 631. The highest BCUT2D eigenvalue weighted by molar-refractivity contribution is 5.78. The summed E-state index contributed by atoms with van der Waals surface area (Å²) in [6.07, 6.45) is -0.587. The summed E-state index contributed by atoms with van der Waals surface area (Å²) in [6.45, 7) is 0.257. The van der Waals surface area contributed by atoms with Gasteiger partial charge in [-0.25, -0.2) is 4.79 Å². The van der Waals surface area contributed by atoms with E-state index >= 15 is 0 Å². The molecule has 0 radical (unpaired) electrons. The zero-order chi connectivity index (χ0) is 13.8. The predicted molar refractivity (Wildman–Crippen MR) is 70.3 cm³/mol. The number of rotatable bonds is 6. The summed E-state index contributed by atoms with van der Waals surface area (Å²) in [4.78, 5) is 26.7. The van der Waals surface area contributed by atoms with E-state index in [2.05, 4.69) is 15.3 Å². The van der Waals surface area contributed by atoms with Gasteiger partial charge in [0.2, 0.25) is 0 Å². The minimum Gasteiger partial charge on any atom is -0.481 e. The Morgan fingerprint density at radius 3 is 2.79 bits per heavy atom. The van der Waals surface area contributed by atoms with Crippen molar-refractivity contribution in [1.29, 1.82) is 0 Å². The van der Waals surface area contributed by atoms with Crippen LogP contribution in [0.5, 0.6) is 0 Å². The Kier molecular flexibility index (Phi) is 3.86. The first-order valence-corrected chi connectivity index (χ1v) is 5.90. The Hall–Kier alpha value is -2.28. The third-order valence-electron chi connectivity index (χ3n) is 2.75. The summed E-state index contributed by atoms with van der Waals surface area (Å²) in [6, 6.07) is 5.27. The molecule has 1 heterocycles. The lowest BCUT2D eigenvalue weighted by atomic mass is 10.2. The average Bonchev–Trinajstić information content (AvgIpc) is 2.73. The number of benzene rings is 1. The lowest BCUT2D eigenvalue weighted by Crippen LogP contribution is -2.20. The fourth-order valence-corrected chi connectivity index (χ4v) is 1.77. The van der Waals surface area contributed by atoms with Gasteiger partial charge in [0.25, 0.3) is 0 Å². The number of nitrogens with one attached hydrogen (secondary N) is 3. The van der Waals surface area contributed by atoms with Crippen molar-refractivity contribution < 1.29 is 15.0 Å². The van der Waals surface area contributed by atoms with Gasteiger partial charge in [-0.3, -0.25) is 4.79 Å². The minimum atomic E-state index is -0.926. The number of anilines is 1. The summed E-state index contributed by atoms with van der Waals surface area (Å²) in [5.41, 5.74) is 1.86. The monoisotopic (exact) mass is 265 g/mol. The highest BCUT2D eigenvalue weighted by atomic mass is 16.4. The zero-order valence-corrected chi connectivity index (χ0v) is 10.1. The fourth-order valence-electron chi connectivity index (χ4n) is 1.77. The van der Waals surface area contributed by atoms with Crippen molar-refractivity contribution in [1.82, 2.24) is 9.97 Å². The van der Waals surface area contributed by atoms with Gasteiger partial charge < -0.3 is 25.5 Å². The molecule has 19 heavy (non-hydrogen) atoms. The first kappa shape index (κ1) is 13.2. The second kappa shape index (κ2) is 5.57. The molecule has 1 aromatic heterocycles. The van der Waals surface area contributed by atoms with Gasteiger partial charge in [0, 0.05) is 18.7 Å². The number of H-pyrrole nitrogens is 2. The minimum absolute atomic E-state index is 0.0625. The predicted octanol–water partition coefficient (Wildman–Crippen LogP) is 0.494. The molecular formula is C12H15N3O4. The summed E-state index contributed by atoms with van der Waals surface area (Å²) in [7, 11) is 0. The van der Waals surface area contributed by atoms with Gasteiger partial charge in [0.15, 0.2) is 0 Å². The van der Waals surface area contributed by atoms with Crippen molar-refractivity contribution in [2.24, 2.45) is 0 Å². The molecule has 2 rings (SSSR count). The van der Waals surface area contributed by atoms with E-state index in [0.29, 0.717) is 11.0 Å². The second-order valence-electron chi connectivity index (χ2n) is 4.31. The summed E-state index contributed by atoms with van der Waals surface area (Å²) in [5.74, 6) is -0.926. The van der Waals surface area contributed by atoms with Crippen LogP contribution < -0.4 is 11.0 Å². The van der Waals surface area contributed by atoms with E-state index in [9.17, 15) is 14.7 Å². The molecule has 0 saturated heterocycles. The topological polar surface area (TPSA) is 118 Å². The first-order chi connectivity index (χ1) is 9.04. The smallest absolute Gasteiger partial charge is 0.323 e. The van der Waals surface area contributed by atoms with E-state index in [1.165, 1.54) is 0 Å². The number of aromatic nitrogens is 2. The Labute approximate surface area is 108 Å². The lowest BCUT2D eigenvalue weighted by Gasteiger charge is -2.11. The van der Waals surface area contributed by atoms with Crippen molar-refractivity contribution in [2.75, 3.05) is 11.9 Å². The SMILES string of the molecule is O=C(O)CCC(O)CNc1ccc2[nH]c(=O)[nH]c2c1. The van der Waals surface area contributed by atoms with Crippen molar-refractivity contribution in [3.8, 4) is 0 Å². The van der Waals surface area contributed by atoms with Gasteiger partial charge >= 0.3 is 11.7 Å². The number of carboxylic acid groups (broad SMARTS) is 1. The zero-order valence-electron chi connectivity index (χ0n) is 10.1. The van der Waals surface area contributed by atoms with E-state index in [-0.39, 0.29) is 25.1 Å². The standard InChI is InChI=1S/C12H15N3O4/c16-8(2-4-11(17)18)6-13-7-1-3-9-10(5-7)15-12(19)14-9/h1,3,5,8,13,16H,2,4,6H2,(H,17,18)(H2,14,15,19). The molecule has 0 amide bonds. The highest BCUT2D eigenvalue weighted by Gasteiger charge is 2.07. The number of hydrogen-bond acceptors (Lipinski definition) is 4. The third-order valence-corrected chi connectivity index (χ3v) is 2.75. The molecular weight excluding hydrogens is 250 g/mol.